The summed E-state index contributed by atoms with van der Waals surface area (Å²) in [6, 6.07) is 4.70. The molecule has 0 radical (unpaired) electrons. The van der Waals surface area contributed by atoms with E-state index in [1.165, 1.54) is 39.5 Å². The lowest BCUT2D eigenvalue weighted by Crippen LogP contribution is -2.46. The van der Waals surface area contributed by atoms with Crippen molar-refractivity contribution in [2.75, 3.05) is 26.3 Å². The Balaban J connectivity index is 1.46. The van der Waals surface area contributed by atoms with Crippen LogP contribution in [0, 0.1) is 17.8 Å². The van der Waals surface area contributed by atoms with Crippen LogP contribution in [0.5, 0.6) is 17.2 Å². The number of pyridine rings is 1. The lowest BCUT2D eigenvalue weighted by atomic mass is 9.59. The van der Waals surface area contributed by atoms with Gasteiger partial charge in [0.05, 0.1) is 35.6 Å². The number of allylic oxidation sites excluding steroid dienone is 6. The summed E-state index contributed by atoms with van der Waals surface area (Å²) in [6.07, 6.45) is -1.83. The number of carbonyl (C=O) groups excluding carboxylic acids is 4. The Morgan fingerprint density at radius 2 is 1.72 bits per heavy atom. The number of halogens is 5. The summed E-state index contributed by atoms with van der Waals surface area (Å²) in [4.78, 5) is 58.5. The zero-order chi connectivity index (χ0) is 33.4. The number of aromatic hydroxyl groups is 1. The smallest absolute Gasteiger partial charge is 0.433 e. The van der Waals surface area contributed by atoms with E-state index in [0.717, 1.165) is 16.1 Å². The minimum atomic E-state index is -4.80. The number of phenolic OH excluding ortho intramolecular Hbond substituents is 1. The second-order valence-corrected chi connectivity index (χ2v) is 12.4. The molecular formula is C31H24BrClF3N3O7. The summed E-state index contributed by atoms with van der Waals surface area (Å²) in [5, 5.41) is 12.0. The van der Waals surface area contributed by atoms with Gasteiger partial charge in [-0.15, -0.1) is 0 Å². The number of anilines is 1. The molecule has 1 N–H and O–H groups in total. The number of methoxy groups -OCH3 is 2. The maximum absolute atomic E-state index is 14.2. The van der Waals surface area contributed by atoms with Gasteiger partial charge in [-0.1, -0.05) is 23.3 Å². The first kappa shape index (κ1) is 31.8. The lowest BCUT2D eigenvalue weighted by molar-refractivity contribution is -0.141. The zero-order valence-electron chi connectivity index (χ0n) is 24.3. The number of alkyl halides is 3. The van der Waals surface area contributed by atoms with Crippen molar-refractivity contribution in [3.05, 3.63) is 73.9 Å². The van der Waals surface area contributed by atoms with E-state index in [1.807, 2.05) is 0 Å². The van der Waals surface area contributed by atoms with Crippen LogP contribution in [0.3, 0.4) is 0 Å². The predicted molar refractivity (Wildman–Crippen MR) is 160 cm³/mol. The average molecular weight is 723 g/mol. The average Bonchev–Trinajstić information content (AvgIpc) is 3.27. The van der Waals surface area contributed by atoms with Crippen molar-refractivity contribution in [2.45, 2.75) is 24.9 Å². The molecule has 2 amide bonds. The molecule has 3 aliphatic carbocycles. The fourth-order valence-corrected chi connectivity index (χ4v) is 7.53. The number of hydrogen-bond acceptors (Lipinski definition) is 9. The number of nitrogens with zero attached hydrogens (tertiary/aromatic N) is 3. The van der Waals surface area contributed by atoms with Crippen molar-refractivity contribution in [1.29, 1.82) is 0 Å². The van der Waals surface area contributed by atoms with Crippen LogP contribution in [0.15, 0.2) is 57.6 Å². The lowest BCUT2D eigenvalue weighted by Gasteiger charge is -2.42. The highest BCUT2D eigenvalue weighted by atomic mass is 79.9. The van der Waals surface area contributed by atoms with E-state index < -0.39 is 64.7 Å². The van der Waals surface area contributed by atoms with Crippen LogP contribution in [0.4, 0.5) is 19.0 Å². The van der Waals surface area contributed by atoms with Crippen molar-refractivity contribution >= 4 is 56.7 Å². The minimum absolute atomic E-state index is 0.0381. The van der Waals surface area contributed by atoms with Gasteiger partial charge in [0.1, 0.15) is 5.69 Å². The van der Waals surface area contributed by atoms with Crippen LogP contribution >= 0.6 is 27.5 Å². The number of carbonyl (C=O) groups is 4. The van der Waals surface area contributed by atoms with Crippen LogP contribution in [0.2, 0.25) is 5.02 Å². The van der Waals surface area contributed by atoms with Gasteiger partial charge in [0, 0.05) is 30.2 Å². The molecule has 0 spiro atoms. The van der Waals surface area contributed by atoms with E-state index >= 15 is 0 Å². The Hall–Kier alpha value is -4.17. The standard InChI is InChI=1S/C31H24BrClF3N3O7/c1-38(28-18(33)6-7-22(37-28)31(34,35)36)39-29(43)14-5-4-13-15(24(14)30(39)44)10-16-25(19(40)11-17(32)26(16)41)23(13)12-8-20(45-2)27(42)21(9-12)46-3/h4,6-9,11,14-15,23-24,42H,5,10H2,1-3H3/t14-,15+,23-,24-/m0/s1. The summed E-state index contributed by atoms with van der Waals surface area (Å²) in [5.74, 6) is -6.45. The van der Waals surface area contributed by atoms with E-state index in [1.54, 1.807) is 6.08 Å². The monoisotopic (exact) mass is 721 g/mol. The number of fused-ring (bicyclic) bond motifs is 3. The Morgan fingerprint density at radius 1 is 1.07 bits per heavy atom. The van der Waals surface area contributed by atoms with Crippen LogP contribution in [-0.4, -0.2) is 59.7 Å². The van der Waals surface area contributed by atoms with Gasteiger partial charge < -0.3 is 14.6 Å². The molecular weight excluding hydrogens is 699 g/mol. The molecule has 46 heavy (non-hydrogen) atoms. The summed E-state index contributed by atoms with van der Waals surface area (Å²) in [6.45, 7) is 0. The Labute approximate surface area is 273 Å². The maximum Gasteiger partial charge on any atom is 0.433 e. The van der Waals surface area contributed by atoms with Gasteiger partial charge in [-0.05, 0) is 64.5 Å². The normalized spacial score (nSPS) is 24.3. The third-order valence-corrected chi connectivity index (χ3v) is 9.75. The molecule has 1 fully saturated rings. The second-order valence-electron chi connectivity index (χ2n) is 11.2. The molecule has 4 aliphatic rings. The van der Waals surface area contributed by atoms with Crippen LogP contribution in [-0.2, 0) is 25.4 Å². The molecule has 240 valence electrons. The molecule has 2 aromatic rings. The van der Waals surface area contributed by atoms with E-state index in [2.05, 4.69) is 20.9 Å². The molecule has 0 bridgehead atoms. The molecule has 0 saturated carbocycles. The number of ether oxygens (including phenoxy) is 2. The molecule has 2 heterocycles. The summed E-state index contributed by atoms with van der Waals surface area (Å²) < 4.78 is 51.1. The summed E-state index contributed by atoms with van der Waals surface area (Å²) in [5.41, 5.74) is 0.130. The van der Waals surface area contributed by atoms with Gasteiger partial charge in [-0.3, -0.25) is 24.2 Å². The van der Waals surface area contributed by atoms with Crippen molar-refractivity contribution < 1.29 is 46.9 Å². The highest BCUT2D eigenvalue weighted by Gasteiger charge is 2.58. The van der Waals surface area contributed by atoms with E-state index in [4.69, 9.17) is 21.1 Å². The molecule has 4 atom stereocenters. The maximum atomic E-state index is 14.2. The van der Waals surface area contributed by atoms with Gasteiger partial charge in [0.2, 0.25) is 5.75 Å². The molecule has 10 nitrogen and oxygen atoms in total. The number of benzene rings is 1. The first-order valence-electron chi connectivity index (χ1n) is 13.9. The number of phenols is 1. The molecule has 1 aromatic heterocycles. The molecule has 1 aliphatic heterocycles. The van der Waals surface area contributed by atoms with Gasteiger partial charge >= 0.3 is 6.18 Å². The predicted octanol–water partition coefficient (Wildman–Crippen LogP) is 5.29. The van der Waals surface area contributed by atoms with Crippen molar-refractivity contribution in [1.82, 2.24) is 9.99 Å². The third kappa shape index (κ3) is 4.80. The number of amides is 2. The Bertz CT molecular complexity index is 1810. The van der Waals surface area contributed by atoms with Gasteiger partial charge in [-0.25, -0.2) is 4.98 Å². The number of hydrogen-bond donors (Lipinski definition) is 1. The SMILES string of the molecule is COc1cc([C@H]2C3=CC[C@@H]4C(=O)N(N(C)c5nc(C(F)(F)F)ccc5Cl)C(=O)[C@@H]4[C@@H]3CC3=C2C(=O)C=C(Br)C3=O)cc(OC)c1O. The van der Waals surface area contributed by atoms with Crippen molar-refractivity contribution in [3.63, 3.8) is 0 Å². The van der Waals surface area contributed by atoms with E-state index in [9.17, 15) is 37.5 Å². The number of ketones is 2. The van der Waals surface area contributed by atoms with Gasteiger partial charge in [0.25, 0.3) is 11.8 Å². The van der Waals surface area contributed by atoms with Gasteiger partial charge in [-0.2, -0.15) is 18.2 Å². The van der Waals surface area contributed by atoms with Crippen LogP contribution in [0.1, 0.15) is 30.0 Å². The molecule has 6 rings (SSSR count). The number of Topliss-reactive ketones (excluding diaryl/α,β-unsaturated/α-hetero) is 1. The second kappa shape index (κ2) is 11.3. The largest absolute Gasteiger partial charge is 0.502 e. The fraction of sp³-hybridized carbons (Fsp3) is 0.323. The zero-order valence-corrected chi connectivity index (χ0v) is 26.7. The van der Waals surface area contributed by atoms with E-state index in [-0.39, 0.29) is 50.7 Å². The number of rotatable bonds is 5. The molecule has 1 saturated heterocycles. The summed E-state index contributed by atoms with van der Waals surface area (Å²) >= 11 is 9.36. The fourth-order valence-electron chi connectivity index (χ4n) is 6.86. The molecule has 0 unspecified atom stereocenters. The Morgan fingerprint density at radius 3 is 2.33 bits per heavy atom. The molecule has 1 aromatic carbocycles. The third-order valence-electron chi connectivity index (χ3n) is 8.87. The quantitative estimate of drug-likeness (QED) is 0.249. The highest BCUT2D eigenvalue weighted by molar-refractivity contribution is 9.12. The minimum Gasteiger partial charge on any atom is -0.502 e. The number of imide groups is 1. The topological polar surface area (TPSA) is 126 Å². The Kier molecular flexibility index (Phi) is 7.79. The molecule has 15 heteroatoms. The van der Waals surface area contributed by atoms with E-state index in [0.29, 0.717) is 17.2 Å². The number of aromatic nitrogens is 1. The van der Waals surface area contributed by atoms with Crippen molar-refractivity contribution in [3.8, 4) is 17.2 Å². The first-order valence-corrected chi connectivity index (χ1v) is 15.1. The van der Waals surface area contributed by atoms with Crippen LogP contribution in [0.25, 0.3) is 0 Å². The van der Waals surface area contributed by atoms with Gasteiger partial charge in [0.15, 0.2) is 28.9 Å². The first-order chi connectivity index (χ1) is 21.7. The highest BCUT2D eigenvalue weighted by Crippen LogP contribution is 2.56. The number of hydrazine groups is 1. The van der Waals surface area contributed by atoms with Crippen molar-refractivity contribution in [2.24, 2.45) is 17.8 Å². The summed E-state index contributed by atoms with van der Waals surface area (Å²) in [7, 11) is 3.90. The van der Waals surface area contributed by atoms with Crippen LogP contribution < -0.4 is 14.5 Å².